The maximum Gasteiger partial charge on any atom is 0.240 e. The van der Waals surface area contributed by atoms with Crippen LogP contribution in [-0.2, 0) is 10.0 Å². The van der Waals surface area contributed by atoms with E-state index in [4.69, 9.17) is 5.73 Å². The normalized spacial score (nSPS) is 13.3. The van der Waals surface area contributed by atoms with E-state index >= 15 is 0 Å². The van der Waals surface area contributed by atoms with E-state index in [-0.39, 0.29) is 6.04 Å². The quantitative estimate of drug-likeness (QED) is 0.788. The Morgan fingerprint density at radius 2 is 1.89 bits per heavy atom. The summed E-state index contributed by atoms with van der Waals surface area (Å²) in [5.74, 6) is 0. The zero-order valence-corrected chi connectivity index (χ0v) is 12.6. The van der Waals surface area contributed by atoms with Crippen molar-refractivity contribution in [3.05, 3.63) is 24.3 Å². The molecule has 0 spiro atoms. The molecular formula is C13H23N3O2S. The van der Waals surface area contributed by atoms with Crippen LogP contribution in [0.4, 0.5) is 5.69 Å². The van der Waals surface area contributed by atoms with Gasteiger partial charge in [0.2, 0.25) is 10.0 Å². The van der Waals surface area contributed by atoms with E-state index in [1.807, 2.05) is 26.1 Å². The predicted octanol–water partition coefficient (Wildman–Crippen LogP) is 1.16. The van der Waals surface area contributed by atoms with Gasteiger partial charge in [-0.3, -0.25) is 0 Å². The lowest BCUT2D eigenvalue weighted by Gasteiger charge is -2.20. The maximum atomic E-state index is 11.8. The van der Waals surface area contributed by atoms with E-state index in [0.717, 1.165) is 18.7 Å². The van der Waals surface area contributed by atoms with Crippen LogP contribution in [0, 0.1) is 0 Å². The first-order valence-electron chi connectivity index (χ1n) is 6.43. The highest BCUT2D eigenvalue weighted by Crippen LogP contribution is 2.17. The lowest BCUT2D eigenvalue weighted by atomic mass is 10.2. The summed E-state index contributed by atoms with van der Waals surface area (Å²) >= 11 is 0. The molecule has 0 aliphatic heterocycles. The Labute approximate surface area is 115 Å². The SMILES string of the molecule is CCNS(=O)(=O)c1ccc(N(C)CCC(C)N)cc1. The molecule has 0 heterocycles. The zero-order valence-electron chi connectivity index (χ0n) is 11.8. The van der Waals surface area contributed by atoms with Crippen molar-refractivity contribution < 1.29 is 8.42 Å². The third kappa shape index (κ3) is 4.81. The minimum atomic E-state index is -3.37. The van der Waals surface area contributed by atoms with Crippen molar-refractivity contribution >= 4 is 15.7 Å². The number of hydrogen-bond donors (Lipinski definition) is 2. The van der Waals surface area contributed by atoms with E-state index in [2.05, 4.69) is 9.62 Å². The minimum Gasteiger partial charge on any atom is -0.375 e. The van der Waals surface area contributed by atoms with Crippen molar-refractivity contribution in [3.63, 3.8) is 0 Å². The first-order chi connectivity index (χ1) is 8.86. The van der Waals surface area contributed by atoms with Gasteiger partial charge in [-0.15, -0.1) is 0 Å². The van der Waals surface area contributed by atoms with Crippen LogP contribution in [0.3, 0.4) is 0 Å². The summed E-state index contributed by atoms with van der Waals surface area (Å²) in [7, 11) is -1.40. The van der Waals surface area contributed by atoms with E-state index in [9.17, 15) is 8.42 Å². The maximum absolute atomic E-state index is 11.8. The summed E-state index contributed by atoms with van der Waals surface area (Å²) in [6.07, 6.45) is 0.897. The molecule has 0 fully saturated rings. The van der Waals surface area contributed by atoms with Crippen LogP contribution in [0.1, 0.15) is 20.3 Å². The highest BCUT2D eigenvalue weighted by molar-refractivity contribution is 7.89. The summed E-state index contributed by atoms with van der Waals surface area (Å²) in [4.78, 5) is 2.35. The van der Waals surface area contributed by atoms with E-state index in [1.54, 1.807) is 19.1 Å². The van der Waals surface area contributed by atoms with E-state index in [0.29, 0.717) is 11.4 Å². The van der Waals surface area contributed by atoms with Gasteiger partial charge < -0.3 is 10.6 Å². The van der Waals surface area contributed by atoms with Gasteiger partial charge in [0.15, 0.2) is 0 Å². The molecule has 6 heteroatoms. The topological polar surface area (TPSA) is 75.4 Å². The third-order valence-corrected chi connectivity index (χ3v) is 4.40. The van der Waals surface area contributed by atoms with Gasteiger partial charge in [0.25, 0.3) is 0 Å². The predicted molar refractivity (Wildman–Crippen MR) is 78.8 cm³/mol. The van der Waals surface area contributed by atoms with Crippen molar-refractivity contribution in [1.29, 1.82) is 0 Å². The molecule has 0 saturated heterocycles. The Morgan fingerprint density at radius 3 is 2.37 bits per heavy atom. The molecule has 108 valence electrons. The number of sulfonamides is 1. The summed E-state index contributed by atoms with van der Waals surface area (Å²) in [6, 6.07) is 7.03. The second kappa shape index (κ2) is 6.88. The van der Waals surface area contributed by atoms with Gasteiger partial charge >= 0.3 is 0 Å². The van der Waals surface area contributed by atoms with Crippen molar-refractivity contribution in [2.75, 3.05) is 25.0 Å². The number of hydrogen-bond acceptors (Lipinski definition) is 4. The fourth-order valence-corrected chi connectivity index (χ4v) is 2.72. The average Bonchev–Trinajstić information content (AvgIpc) is 2.36. The van der Waals surface area contributed by atoms with Crippen LogP contribution in [-0.4, -0.2) is 34.6 Å². The molecule has 1 aromatic rings. The van der Waals surface area contributed by atoms with Crippen LogP contribution in [0.2, 0.25) is 0 Å². The molecule has 3 N–H and O–H groups in total. The van der Waals surface area contributed by atoms with Gasteiger partial charge in [0.05, 0.1) is 4.90 Å². The lowest BCUT2D eigenvalue weighted by molar-refractivity contribution is 0.584. The molecule has 19 heavy (non-hydrogen) atoms. The van der Waals surface area contributed by atoms with Crippen LogP contribution >= 0.6 is 0 Å². The first-order valence-corrected chi connectivity index (χ1v) is 7.91. The first kappa shape index (κ1) is 15.9. The Kier molecular flexibility index (Phi) is 5.78. The molecule has 1 aromatic carbocycles. The smallest absolute Gasteiger partial charge is 0.240 e. The van der Waals surface area contributed by atoms with Gasteiger partial charge in [0.1, 0.15) is 0 Å². The summed E-state index contributed by atoms with van der Waals surface area (Å²) < 4.78 is 26.0. The molecule has 1 atom stereocenters. The molecule has 0 radical (unpaired) electrons. The second-order valence-corrected chi connectivity index (χ2v) is 6.45. The highest BCUT2D eigenvalue weighted by Gasteiger charge is 2.12. The molecule has 0 saturated carbocycles. The zero-order chi connectivity index (χ0) is 14.5. The Hall–Kier alpha value is -1.11. The number of nitrogens with two attached hydrogens (primary N) is 1. The van der Waals surface area contributed by atoms with Crippen LogP contribution in [0.15, 0.2) is 29.2 Å². The number of anilines is 1. The van der Waals surface area contributed by atoms with Crippen molar-refractivity contribution in [2.24, 2.45) is 5.73 Å². The number of benzene rings is 1. The average molecular weight is 285 g/mol. The fourth-order valence-electron chi connectivity index (χ4n) is 1.68. The molecule has 1 rings (SSSR count). The van der Waals surface area contributed by atoms with Crippen LogP contribution in [0.25, 0.3) is 0 Å². The van der Waals surface area contributed by atoms with E-state index in [1.165, 1.54) is 0 Å². The minimum absolute atomic E-state index is 0.163. The van der Waals surface area contributed by atoms with Gasteiger partial charge in [-0.1, -0.05) is 6.92 Å². The summed E-state index contributed by atoms with van der Waals surface area (Å²) in [5, 5.41) is 0. The molecule has 5 nitrogen and oxygen atoms in total. The largest absolute Gasteiger partial charge is 0.375 e. The van der Waals surface area contributed by atoms with Gasteiger partial charge in [-0.2, -0.15) is 0 Å². The standard InChI is InChI=1S/C13H23N3O2S/c1-4-15-19(17,18)13-7-5-12(6-8-13)16(3)10-9-11(2)14/h5-8,11,15H,4,9-10,14H2,1-3H3. The van der Waals surface area contributed by atoms with Gasteiger partial charge in [-0.25, -0.2) is 13.1 Å². The third-order valence-electron chi connectivity index (χ3n) is 2.84. The number of nitrogens with one attached hydrogen (secondary N) is 1. The lowest BCUT2D eigenvalue weighted by Crippen LogP contribution is -2.26. The molecular weight excluding hydrogens is 262 g/mol. The molecule has 1 unspecified atom stereocenters. The number of rotatable bonds is 7. The van der Waals surface area contributed by atoms with Crippen LogP contribution in [0.5, 0.6) is 0 Å². The monoisotopic (exact) mass is 285 g/mol. The molecule has 0 aliphatic carbocycles. The van der Waals surface area contributed by atoms with Gasteiger partial charge in [0, 0.05) is 31.9 Å². The number of nitrogens with zero attached hydrogens (tertiary/aromatic N) is 1. The Balaban J connectivity index is 2.76. The summed E-state index contributed by atoms with van der Waals surface area (Å²) in [6.45, 7) is 4.96. The van der Waals surface area contributed by atoms with Crippen LogP contribution < -0.4 is 15.4 Å². The van der Waals surface area contributed by atoms with E-state index < -0.39 is 10.0 Å². The Bertz CT molecular complexity index is 483. The molecule has 0 aliphatic rings. The van der Waals surface area contributed by atoms with Crippen molar-refractivity contribution in [2.45, 2.75) is 31.2 Å². The Morgan fingerprint density at radius 1 is 1.32 bits per heavy atom. The molecule has 0 bridgehead atoms. The van der Waals surface area contributed by atoms with Crippen molar-refractivity contribution in [3.8, 4) is 0 Å². The molecule has 0 amide bonds. The second-order valence-electron chi connectivity index (χ2n) is 4.68. The fraction of sp³-hybridized carbons (Fsp3) is 0.538. The summed E-state index contributed by atoms with van der Waals surface area (Å²) in [5.41, 5.74) is 6.70. The highest BCUT2D eigenvalue weighted by atomic mass is 32.2. The van der Waals surface area contributed by atoms with Gasteiger partial charge in [-0.05, 0) is 37.6 Å². The van der Waals surface area contributed by atoms with Crippen molar-refractivity contribution in [1.82, 2.24) is 4.72 Å². The molecule has 0 aromatic heterocycles.